The van der Waals surface area contributed by atoms with E-state index in [0.717, 1.165) is 30.4 Å². The van der Waals surface area contributed by atoms with Crippen LogP contribution in [0.2, 0.25) is 0 Å². The molecule has 0 radical (unpaired) electrons. The second kappa shape index (κ2) is 4.97. The molecule has 0 unspecified atom stereocenters. The van der Waals surface area contributed by atoms with Gasteiger partial charge in [-0.2, -0.15) is 0 Å². The first-order valence-corrected chi connectivity index (χ1v) is 5.80. The molecule has 0 spiro atoms. The molecule has 2 heteroatoms. The number of hydrogen-bond donors (Lipinski definition) is 0. The van der Waals surface area contributed by atoms with Crippen molar-refractivity contribution in [3.63, 3.8) is 0 Å². The molecule has 0 atom stereocenters. The molecule has 0 bridgehead atoms. The van der Waals surface area contributed by atoms with Gasteiger partial charge in [0.1, 0.15) is 5.75 Å². The van der Waals surface area contributed by atoms with Gasteiger partial charge in [0.15, 0.2) is 0 Å². The minimum absolute atomic E-state index is 0.185. The summed E-state index contributed by atoms with van der Waals surface area (Å²) in [5.74, 6) is 0.523. The third-order valence-electron chi connectivity index (χ3n) is 2.77. The summed E-state index contributed by atoms with van der Waals surface area (Å²) >= 11 is 0. The van der Waals surface area contributed by atoms with Crippen LogP contribution < -0.4 is 4.74 Å². The van der Waals surface area contributed by atoms with E-state index >= 15 is 0 Å². The number of benzene rings is 1. The number of para-hydroxylation sites is 1. The van der Waals surface area contributed by atoms with Crippen LogP contribution in [0, 0.1) is 0 Å². The Morgan fingerprint density at radius 1 is 1.38 bits per heavy atom. The molecule has 0 saturated heterocycles. The summed E-state index contributed by atoms with van der Waals surface area (Å²) in [5, 5.41) is 0. The second-order valence-electron chi connectivity index (χ2n) is 4.05. The predicted molar refractivity (Wildman–Crippen MR) is 63.4 cm³/mol. The largest absolute Gasteiger partial charge is 0.423 e. The molecule has 2 nitrogen and oxygen atoms in total. The molecule has 1 aliphatic rings. The summed E-state index contributed by atoms with van der Waals surface area (Å²) in [5.41, 5.74) is 1.90. The number of allylic oxidation sites excluding steroid dienone is 1. The molecule has 0 fully saturated rings. The van der Waals surface area contributed by atoms with Crippen molar-refractivity contribution in [3.05, 3.63) is 41.5 Å². The Balaban J connectivity index is 2.15. The van der Waals surface area contributed by atoms with Crippen molar-refractivity contribution in [1.82, 2.24) is 0 Å². The Bertz CT molecular complexity index is 418. The van der Waals surface area contributed by atoms with Crippen LogP contribution in [0.1, 0.15) is 31.7 Å². The van der Waals surface area contributed by atoms with Crippen LogP contribution in [-0.2, 0) is 11.2 Å². The van der Waals surface area contributed by atoms with Crippen LogP contribution in [0.4, 0.5) is 0 Å². The van der Waals surface area contributed by atoms with E-state index in [4.69, 9.17) is 4.74 Å². The molecule has 1 aromatic rings. The molecule has 1 aliphatic heterocycles. The van der Waals surface area contributed by atoms with Gasteiger partial charge in [0, 0.05) is 12.0 Å². The Labute approximate surface area is 95.9 Å². The lowest BCUT2D eigenvalue weighted by Crippen LogP contribution is -2.19. The van der Waals surface area contributed by atoms with E-state index in [2.05, 4.69) is 6.92 Å². The number of unbranched alkanes of at least 4 members (excludes halogenated alkanes) is 2. The van der Waals surface area contributed by atoms with Gasteiger partial charge in [-0.3, -0.25) is 0 Å². The average molecular weight is 216 g/mol. The van der Waals surface area contributed by atoms with E-state index in [1.54, 1.807) is 0 Å². The molecular formula is C14H16O2. The SMILES string of the molecule is CCCC/C=C1\Cc2ccccc2OC1=O. The number of carbonyl (C=O) groups is 1. The molecule has 0 amide bonds. The van der Waals surface area contributed by atoms with Crippen LogP contribution in [0.5, 0.6) is 5.75 Å². The maximum absolute atomic E-state index is 11.7. The topological polar surface area (TPSA) is 26.3 Å². The third-order valence-corrected chi connectivity index (χ3v) is 2.77. The van der Waals surface area contributed by atoms with Crippen LogP contribution in [0.3, 0.4) is 0 Å². The van der Waals surface area contributed by atoms with Gasteiger partial charge in [-0.15, -0.1) is 0 Å². The monoisotopic (exact) mass is 216 g/mol. The van der Waals surface area contributed by atoms with E-state index in [-0.39, 0.29) is 5.97 Å². The molecule has 2 rings (SSSR count). The maximum Gasteiger partial charge on any atom is 0.339 e. The zero-order valence-electron chi connectivity index (χ0n) is 9.53. The Morgan fingerprint density at radius 2 is 2.19 bits per heavy atom. The van der Waals surface area contributed by atoms with Gasteiger partial charge in [0.25, 0.3) is 0 Å². The van der Waals surface area contributed by atoms with Crippen molar-refractivity contribution in [3.8, 4) is 5.75 Å². The Morgan fingerprint density at radius 3 is 3.00 bits per heavy atom. The molecule has 1 heterocycles. The molecule has 16 heavy (non-hydrogen) atoms. The number of esters is 1. The molecule has 84 valence electrons. The van der Waals surface area contributed by atoms with Crippen LogP contribution >= 0.6 is 0 Å². The highest BCUT2D eigenvalue weighted by Crippen LogP contribution is 2.27. The van der Waals surface area contributed by atoms with Gasteiger partial charge < -0.3 is 4.74 Å². The van der Waals surface area contributed by atoms with Gasteiger partial charge in [0.2, 0.25) is 0 Å². The number of hydrogen-bond acceptors (Lipinski definition) is 2. The Hall–Kier alpha value is -1.57. The number of carbonyl (C=O) groups excluding carboxylic acids is 1. The van der Waals surface area contributed by atoms with Crippen LogP contribution in [0.15, 0.2) is 35.9 Å². The van der Waals surface area contributed by atoms with Crippen molar-refractivity contribution >= 4 is 5.97 Å². The molecule has 0 saturated carbocycles. The normalized spacial score (nSPS) is 17.1. The van der Waals surface area contributed by atoms with E-state index in [1.165, 1.54) is 0 Å². The van der Waals surface area contributed by atoms with Gasteiger partial charge >= 0.3 is 5.97 Å². The summed E-state index contributed by atoms with van der Waals surface area (Å²) in [6.45, 7) is 2.15. The molecule has 1 aromatic carbocycles. The summed E-state index contributed by atoms with van der Waals surface area (Å²) in [4.78, 5) is 11.7. The fourth-order valence-electron chi connectivity index (χ4n) is 1.83. The van der Waals surface area contributed by atoms with Crippen molar-refractivity contribution in [2.45, 2.75) is 32.6 Å². The second-order valence-corrected chi connectivity index (χ2v) is 4.05. The lowest BCUT2D eigenvalue weighted by atomic mass is 10.0. The summed E-state index contributed by atoms with van der Waals surface area (Å²) in [6, 6.07) is 7.71. The van der Waals surface area contributed by atoms with Gasteiger partial charge in [-0.05, 0) is 18.1 Å². The molecule has 0 aromatic heterocycles. The highest BCUT2D eigenvalue weighted by Gasteiger charge is 2.21. The smallest absolute Gasteiger partial charge is 0.339 e. The molecule has 0 aliphatic carbocycles. The maximum atomic E-state index is 11.7. The van der Waals surface area contributed by atoms with Crippen LogP contribution in [-0.4, -0.2) is 5.97 Å². The van der Waals surface area contributed by atoms with Gasteiger partial charge in [0.05, 0.1) is 0 Å². The first kappa shape index (κ1) is 10.9. The fraction of sp³-hybridized carbons (Fsp3) is 0.357. The Kier molecular flexibility index (Phi) is 3.40. The van der Waals surface area contributed by atoms with Gasteiger partial charge in [-0.1, -0.05) is 44.0 Å². The number of rotatable bonds is 3. The summed E-state index contributed by atoms with van der Waals surface area (Å²) in [7, 11) is 0. The van der Waals surface area contributed by atoms with Crippen molar-refractivity contribution in [2.24, 2.45) is 0 Å². The number of fused-ring (bicyclic) bond motifs is 1. The van der Waals surface area contributed by atoms with E-state index in [9.17, 15) is 4.79 Å². The average Bonchev–Trinajstić information content (AvgIpc) is 2.30. The van der Waals surface area contributed by atoms with Gasteiger partial charge in [-0.25, -0.2) is 4.79 Å². The third kappa shape index (κ3) is 2.32. The van der Waals surface area contributed by atoms with Crippen molar-refractivity contribution in [1.29, 1.82) is 0 Å². The zero-order chi connectivity index (χ0) is 11.4. The molecule has 0 N–H and O–H groups in total. The molecular weight excluding hydrogens is 200 g/mol. The standard InChI is InChI=1S/C14H16O2/c1-2-3-4-8-12-10-11-7-5-6-9-13(11)16-14(12)15/h5-9H,2-4,10H2,1H3/b12-8+. The predicted octanol–water partition coefficient (Wildman–Crippen LogP) is 3.26. The minimum Gasteiger partial charge on any atom is -0.423 e. The fourth-order valence-corrected chi connectivity index (χ4v) is 1.83. The summed E-state index contributed by atoms with van der Waals surface area (Å²) in [6.07, 6.45) is 5.96. The highest BCUT2D eigenvalue weighted by atomic mass is 16.5. The first-order valence-electron chi connectivity index (χ1n) is 5.80. The minimum atomic E-state index is -0.185. The van der Waals surface area contributed by atoms with Crippen molar-refractivity contribution < 1.29 is 9.53 Å². The van der Waals surface area contributed by atoms with E-state index < -0.39 is 0 Å². The van der Waals surface area contributed by atoms with E-state index in [1.807, 2.05) is 30.3 Å². The lowest BCUT2D eigenvalue weighted by Gasteiger charge is -2.17. The quantitative estimate of drug-likeness (QED) is 0.335. The zero-order valence-corrected chi connectivity index (χ0v) is 9.53. The summed E-state index contributed by atoms with van der Waals surface area (Å²) < 4.78 is 5.27. The number of ether oxygens (including phenoxy) is 1. The van der Waals surface area contributed by atoms with Crippen molar-refractivity contribution in [2.75, 3.05) is 0 Å². The first-order chi connectivity index (χ1) is 7.81. The highest BCUT2D eigenvalue weighted by molar-refractivity contribution is 5.92. The van der Waals surface area contributed by atoms with Crippen LogP contribution in [0.25, 0.3) is 0 Å². The lowest BCUT2D eigenvalue weighted by molar-refractivity contribution is -0.130. The van der Waals surface area contributed by atoms with E-state index in [0.29, 0.717) is 12.2 Å².